The smallest absolute Gasteiger partial charge is 0.133 e. The van der Waals surface area contributed by atoms with E-state index in [2.05, 4.69) is 57.3 Å². The molecule has 0 amide bonds. The lowest BCUT2D eigenvalue weighted by molar-refractivity contribution is -0.568. The number of para-hydroxylation sites is 1. The fraction of sp³-hybridized carbons (Fsp3) is 0.600. The summed E-state index contributed by atoms with van der Waals surface area (Å²) in [6, 6.07) is 8.75. The van der Waals surface area contributed by atoms with E-state index in [4.69, 9.17) is 0 Å². The Balaban J connectivity index is 0.000000280. The van der Waals surface area contributed by atoms with Crippen molar-refractivity contribution in [3.05, 3.63) is 29.8 Å². The zero-order valence-electron chi connectivity index (χ0n) is 11.2. The van der Waals surface area contributed by atoms with Crippen molar-refractivity contribution >= 4 is 5.69 Å². The fourth-order valence-corrected chi connectivity index (χ4v) is 2.00. The van der Waals surface area contributed by atoms with E-state index in [0.717, 1.165) is 0 Å². The Morgan fingerprint density at radius 1 is 1.12 bits per heavy atom. The van der Waals surface area contributed by atoms with Crippen LogP contribution in [0.25, 0.3) is 0 Å². The monoisotopic (exact) mass is 220 g/mol. The number of quaternary nitrogens is 1. The van der Waals surface area contributed by atoms with E-state index in [9.17, 15) is 0 Å². The molecule has 90 valence electrons. The maximum Gasteiger partial charge on any atom is 0.133 e. The Bertz CT molecular complexity index is 317. The van der Waals surface area contributed by atoms with Crippen molar-refractivity contribution in [2.45, 2.75) is 52.4 Å². The van der Waals surface area contributed by atoms with Gasteiger partial charge < -0.3 is 5.32 Å². The predicted octanol–water partition coefficient (Wildman–Crippen LogP) is 3.37. The molecule has 0 saturated carbocycles. The third kappa shape index (κ3) is 2.85. The van der Waals surface area contributed by atoms with Crippen molar-refractivity contribution in [1.29, 1.82) is 0 Å². The summed E-state index contributed by atoms with van der Waals surface area (Å²) < 4.78 is 0. The zero-order valence-corrected chi connectivity index (χ0v) is 11.2. The lowest BCUT2D eigenvalue weighted by Gasteiger charge is -2.18. The van der Waals surface area contributed by atoms with Crippen LogP contribution in [0.15, 0.2) is 24.3 Å². The van der Waals surface area contributed by atoms with Gasteiger partial charge in [-0.15, -0.1) is 0 Å². The summed E-state index contributed by atoms with van der Waals surface area (Å²) in [7, 11) is 0. The van der Waals surface area contributed by atoms with Crippen LogP contribution in [-0.4, -0.2) is 6.54 Å². The number of hydrogen-bond acceptors (Lipinski definition) is 0. The minimum absolute atomic E-state index is 0.413. The number of rotatable bonds is 2. The van der Waals surface area contributed by atoms with Crippen LogP contribution in [0.5, 0.6) is 0 Å². The first-order valence-electron chi connectivity index (χ1n) is 6.60. The number of fused-ring (bicyclic) bond motifs is 1. The van der Waals surface area contributed by atoms with Gasteiger partial charge in [0.05, 0.1) is 6.54 Å². The standard InChI is InChI=1S/C11H15N.C4H10/c1-3-11(2)8-12-10-7-5-4-6-9(10)11;1-3-4-2/h4-7,12H,3,8H2,1-2H3;3-4H2,1-2H3/p+1. The molecule has 1 nitrogen and oxygen atoms in total. The molecule has 2 rings (SSSR count). The van der Waals surface area contributed by atoms with Crippen LogP contribution < -0.4 is 5.32 Å². The Morgan fingerprint density at radius 3 is 2.31 bits per heavy atom. The van der Waals surface area contributed by atoms with Crippen molar-refractivity contribution in [3.63, 3.8) is 0 Å². The Hall–Kier alpha value is -0.820. The molecule has 1 aliphatic heterocycles. The number of benzene rings is 1. The van der Waals surface area contributed by atoms with E-state index in [0.29, 0.717) is 5.41 Å². The molecular formula is C15H26N+. The highest BCUT2D eigenvalue weighted by molar-refractivity contribution is 5.46. The molecule has 1 heteroatoms. The molecular weight excluding hydrogens is 194 g/mol. The normalized spacial score (nSPS) is 22.2. The summed E-state index contributed by atoms with van der Waals surface area (Å²) >= 11 is 0. The molecule has 1 heterocycles. The first-order valence-corrected chi connectivity index (χ1v) is 6.60. The minimum Gasteiger partial charge on any atom is -0.313 e. The van der Waals surface area contributed by atoms with Gasteiger partial charge in [0.15, 0.2) is 0 Å². The Kier molecular flexibility index (Phi) is 5.01. The van der Waals surface area contributed by atoms with Crippen LogP contribution >= 0.6 is 0 Å². The van der Waals surface area contributed by atoms with Crippen LogP contribution in [-0.2, 0) is 5.41 Å². The van der Waals surface area contributed by atoms with Crippen molar-refractivity contribution in [3.8, 4) is 0 Å². The zero-order chi connectivity index (χ0) is 12.0. The molecule has 1 aromatic rings. The van der Waals surface area contributed by atoms with Crippen molar-refractivity contribution < 1.29 is 5.32 Å². The quantitative estimate of drug-likeness (QED) is 0.736. The molecule has 1 atom stereocenters. The molecule has 0 spiro atoms. The number of nitrogens with two attached hydrogens (primary N) is 1. The molecule has 0 saturated heterocycles. The summed E-state index contributed by atoms with van der Waals surface area (Å²) in [5, 5.41) is 2.36. The van der Waals surface area contributed by atoms with Gasteiger partial charge in [0.2, 0.25) is 0 Å². The van der Waals surface area contributed by atoms with Crippen LogP contribution in [0.1, 0.15) is 52.5 Å². The second kappa shape index (κ2) is 6.05. The first-order chi connectivity index (χ1) is 7.68. The van der Waals surface area contributed by atoms with Gasteiger partial charge in [-0.1, -0.05) is 51.8 Å². The van der Waals surface area contributed by atoms with Crippen LogP contribution in [0, 0.1) is 0 Å². The Labute approximate surface area is 100 Å². The third-order valence-electron chi connectivity index (χ3n) is 3.66. The lowest BCUT2D eigenvalue weighted by atomic mass is 9.82. The average molecular weight is 220 g/mol. The number of hydrogen-bond donors (Lipinski definition) is 1. The van der Waals surface area contributed by atoms with Gasteiger partial charge >= 0.3 is 0 Å². The van der Waals surface area contributed by atoms with Crippen molar-refractivity contribution in [1.82, 2.24) is 0 Å². The van der Waals surface area contributed by atoms with Gasteiger partial charge in [-0.2, -0.15) is 0 Å². The molecule has 0 bridgehead atoms. The summed E-state index contributed by atoms with van der Waals surface area (Å²) in [4.78, 5) is 0. The largest absolute Gasteiger partial charge is 0.313 e. The van der Waals surface area contributed by atoms with E-state index in [1.54, 1.807) is 0 Å². The van der Waals surface area contributed by atoms with Gasteiger partial charge in [-0.3, -0.25) is 0 Å². The topological polar surface area (TPSA) is 16.6 Å². The molecule has 0 radical (unpaired) electrons. The molecule has 1 aliphatic rings. The minimum atomic E-state index is 0.413. The van der Waals surface area contributed by atoms with Gasteiger partial charge in [0.25, 0.3) is 0 Å². The molecule has 1 aromatic carbocycles. The SMILES string of the molecule is CCC1(C)C[NH2+]c2ccccc21.CCCC. The van der Waals surface area contributed by atoms with E-state index >= 15 is 0 Å². The maximum absolute atomic E-state index is 2.36. The van der Waals surface area contributed by atoms with Crippen LogP contribution in [0.4, 0.5) is 5.69 Å². The Morgan fingerprint density at radius 2 is 1.75 bits per heavy atom. The second-order valence-corrected chi connectivity index (χ2v) is 4.91. The maximum atomic E-state index is 2.36. The lowest BCUT2D eigenvalue weighted by Crippen LogP contribution is -2.77. The van der Waals surface area contributed by atoms with Gasteiger partial charge in [0.1, 0.15) is 5.69 Å². The van der Waals surface area contributed by atoms with Crippen LogP contribution in [0.2, 0.25) is 0 Å². The summed E-state index contributed by atoms with van der Waals surface area (Å²) in [5.74, 6) is 0. The fourth-order valence-electron chi connectivity index (χ4n) is 2.00. The molecule has 0 fully saturated rings. The predicted molar refractivity (Wildman–Crippen MR) is 71.1 cm³/mol. The summed E-state index contributed by atoms with van der Waals surface area (Å²) in [6.45, 7) is 10.2. The highest BCUT2D eigenvalue weighted by atomic mass is 14.9. The van der Waals surface area contributed by atoms with Gasteiger partial charge in [-0.05, 0) is 19.4 Å². The number of unbranched alkanes of at least 4 members (excludes halogenated alkanes) is 1. The molecule has 16 heavy (non-hydrogen) atoms. The molecule has 0 aromatic heterocycles. The highest BCUT2D eigenvalue weighted by Gasteiger charge is 2.35. The van der Waals surface area contributed by atoms with E-state index in [1.807, 2.05) is 0 Å². The van der Waals surface area contributed by atoms with Crippen LogP contribution in [0.3, 0.4) is 0 Å². The van der Waals surface area contributed by atoms with Gasteiger partial charge in [0, 0.05) is 11.0 Å². The third-order valence-corrected chi connectivity index (χ3v) is 3.66. The average Bonchev–Trinajstić information content (AvgIpc) is 2.69. The summed E-state index contributed by atoms with van der Waals surface area (Å²) in [5.41, 5.74) is 3.39. The van der Waals surface area contributed by atoms with Crippen molar-refractivity contribution in [2.24, 2.45) is 0 Å². The summed E-state index contributed by atoms with van der Waals surface area (Å²) in [6.07, 6.45) is 3.88. The highest BCUT2D eigenvalue weighted by Crippen LogP contribution is 2.33. The van der Waals surface area contributed by atoms with E-state index < -0.39 is 0 Å². The van der Waals surface area contributed by atoms with Gasteiger partial charge in [-0.25, -0.2) is 0 Å². The van der Waals surface area contributed by atoms with E-state index in [1.165, 1.54) is 37.1 Å². The van der Waals surface area contributed by atoms with E-state index in [-0.39, 0.29) is 0 Å². The second-order valence-electron chi connectivity index (χ2n) is 4.91. The molecule has 0 aliphatic carbocycles. The molecule has 1 unspecified atom stereocenters. The first kappa shape index (κ1) is 13.2. The van der Waals surface area contributed by atoms with Crippen molar-refractivity contribution in [2.75, 3.05) is 6.54 Å². The molecule has 2 N–H and O–H groups in total.